The second kappa shape index (κ2) is 5.79. The highest BCUT2D eigenvalue weighted by Gasteiger charge is 2.18. The molecule has 0 unspecified atom stereocenters. The summed E-state index contributed by atoms with van der Waals surface area (Å²) in [6.07, 6.45) is 3.10. The van der Waals surface area contributed by atoms with E-state index in [0.717, 1.165) is 30.5 Å². The third kappa shape index (κ3) is 2.84. The van der Waals surface area contributed by atoms with E-state index < -0.39 is 0 Å². The standard InChI is InChI=1S/C15H13Cl2N3S/c16-10-4-2-5-11(17)13(10)20-15-9(14(18)21)7-8-3-1-6-12(8)19-15/h2,4-5,7H,1,3,6H2,(H2,18,21)(H,19,20). The highest BCUT2D eigenvalue weighted by molar-refractivity contribution is 7.80. The van der Waals surface area contributed by atoms with Crippen LogP contribution in [-0.4, -0.2) is 9.97 Å². The van der Waals surface area contributed by atoms with Crippen LogP contribution in [0.15, 0.2) is 24.3 Å². The molecule has 0 aliphatic heterocycles. The number of hydrogen-bond donors (Lipinski definition) is 2. The summed E-state index contributed by atoms with van der Waals surface area (Å²) < 4.78 is 0. The lowest BCUT2D eigenvalue weighted by Crippen LogP contribution is -2.14. The predicted octanol–water partition coefficient (Wildman–Crippen LogP) is 4.25. The number of nitrogens with zero attached hydrogens (tertiary/aromatic N) is 1. The van der Waals surface area contributed by atoms with Crippen LogP contribution in [0.5, 0.6) is 0 Å². The van der Waals surface area contributed by atoms with Crippen molar-refractivity contribution in [2.24, 2.45) is 5.73 Å². The first kappa shape index (κ1) is 14.6. The first-order valence-corrected chi connectivity index (χ1v) is 7.76. The van der Waals surface area contributed by atoms with E-state index in [4.69, 9.17) is 41.2 Å². The normalized spacial score (nSPS) is 13.0. The lowest BCUT2D eigenvalue weighted by atomic mass is 10.1. The van der Waals surface area contributed by atoms with Crippen LogP contribution in [0.25, 0.3) is 0 Å². The Morgan fingerprint density at radius 1 is 1.24 bits per heavy atom. The zero-order valence-corrected chi connectivity index (χ0v) is 13.4. The molecule has 3 N–H and O–H groups in total. The van der Waals surface area contributed by atoms with Crippen molar-refractivity contribution in [1.29, 1.82) is 0 Å². The molecule has 0 fully saturated rings. The minimum absolute atomic E-state index is 0.308. The summed E-state index contributed by atoms with van der Waals surface area (Å²) in [5.74, 6) is 0.609. The van der Waals surface area contributed by atoms with Gasteiger partial charge >= 0.3 is 0 Å². The molecule has 1 heterocycles. The van der Waals surface area contributed by atoms with Gasteiger partial charge in [-0.2, -0.15) is 0 Å². The largest absolute Gasteiger partial charge is 0.389 e. The fraction of sp³-hybridized carbons (Fsp3) is 0.200. The molecule has 108 valence electrons. The van der Waals surface area contributed by atoms with Gasteiger partial charge in [0.05, 0.1) is 21.3 Å². The third-order valence-corrected chi connectivity index (χ3v) is 4.37. The van der Waals surface area contributed by atoms with Crippen LogP contribution in [0.3, 0.4) is 0 Å². The van der Waals surface area contributed by atoms with Crippen molar-refractivity contribution in [3.63, 3.8) is 0 Å². The number of rotatable bonds is 3. The number of halogens is 2. The van der Waals surface area contributed by atoms with Gasteiger partial charge in [-0.05, 0) is 43.0 Å². The van der Waals surface area contributed by atoms with E-state index in [9.17, 15) is 0 Å². The third-order valence-electron chi connectivity index (χ3n) is 3.52. The first-order valence-electron chi connectivity index (χ1n) is 6.60. The van der Waals surface area contributed by atoms with Gasteiger partial charge in [0.1, 0.15) is 10.8 Å². The van der Waals surface area contributed by atoms with Crippen LogP contribution in [0.1, 0.15) is 23.2 Å². The lowest BCUT2D eigenvalue weighted by molar-refractivity contribution is 0.900. The van der Waals surface area contributed by atoms with E-state index in [0.29, 0.717) is 26.5 Å². The summed E-state index contributed by atoms with van der Waals surface area (Å²) in [5, 5.41) is 4.23. The molecule has 2 aromatic rings. The van der Waals surface area contributed by atoms with E-state index in [-0.39, 0.29) is 0 Å². The van der Waals surface area contributed by atoms with E-state index >= 15 is 0 Å². The number of para-hydroxylation sites is 1. The molecule has 1 aliphatic rings. The Bertz CT molecular complexity index is 711. The second-order valence-electron chi connectivity index (χ2n) is 4.93. The highest BCUT2D eigenvalue weighted by Crippen LogP contribution is 2.34. The molecule has 0 saturated heterocycles. The fourth-order valence-corrected chi connectivity index (χ4v) is 3.14. The number of hydrogen-bond acceptors (Lipinski definition) is 3. The van der Waals surface area contributed by atoms with Gasteiger partial charge in [0.15, 0.2) is 0 Å². The van der Waals surface area contributed by atoms with Crippen LogP contribution in [0.4, 0.5) is 11.5 Å². The summed E-state index contributed by atoms with van der Waals surface area (Å²) in [4.78, 5) is 4.96. The van der Waals surface area contributed by atoms with Gasteiger partial charge in [0, 0.05) is 5.69 Å². The minimum atomic E-state index is 0.308. The van der Waals surface area contributed by atoms with Crippen molar-refractivity contribution in [1.82, 2.24) is 4.98 Å². The van der Waals surface area contributed by atoms with Crippen molar-refractivity contribution in [2.45, 2.75) is 19.3 Å². The van der Waals surface area contributed by atoms with Gasteiger partial charge in [0.2, 0.25) is 0 Å². The summed E-state index contributed by atoms with van der Waals surface area (Å²) >= 11 is 17.5. The molecule has 0 saturated carbocycles. The first-order chi connectivity index (χ1) is 10.1. The molecule has 1 aromatic heterocycles. The molecule has 3 nitrogen and oxygen atoms in total. The molecule has 0 bridgehead atoms. The number of nitrogens with two attached hydrogens (primary N) is 1. The summed E-state index contributed by atoms with van der Waals surface area (Å²) in [7, 11) is 0. The zero-order chi connectivity index (χ0) is 15.0. The number of anilines is 2. The molecule has 21 heavy (non-hydrogen) atoms. The van der Waals surface area contributed by atoms with Crippen molar-refractivity contribution in [2.75, 3.05) is 5.32 Å². The SMILES string of the molecule is NC(=S)c1cc2c(nc1Nc1c(Cl)cccc1Cl)CCC2. The molecular weight excluding hydrogens is 325 g/mol. The van der Waals surface area contributed by atoms with Crippen molar-refractivity contribution >= 4 is 51.9 Å². The Hall–Kier alpha value is -1.36. The lowest BCUT2D eigenvalue weighted by Gasteiger charge is -2.14. The summed E-state index contributed by atoms with van der Waals surface area (Å²) in [6, 6.07) is 7.35. The van der Waals surface area contributed by atoms with Crippen LogP contribution < -0.4 is 11.1 Å². The van der Waals surface area contributed by atoms with E-state index in [1.165, 1.54) is 5.56 Å². The molecule has 1 aliphatic carbocycles. The number of thiocarbonyl (C=S) groups is 1. The minimum Gasteiger partial charge on any atom is -0.389 e. The zero-order valence-electron chi connectivity index (χ0n) is 11.1. The maximum atomic E-state index is 6.19. The van der Waals surface area contributed by atoms with Gasteiger partial charge in [-0.15, -0.1) is 0 Å². The van der Waals surface area contributed by atoms with Crippen molar-refractivity contribution < 1.29 is 0 Å². The van der Waals surface area contributed by atoms with E-state index in [1.54, 1.807) is 18.2 Å². The number of aromatic nitrogens is 1. The smallest absolute Gasteiger partial charge is 0.141 e. The van der Waals surface area contributed by atoms with Crippen molar-refractivity contribution in [3.8, 4) is 0 Å². The molecule has 0 radical (unpaired) electrons. The Labute approximate surface area is 138 Å². The van der Waals surface area contributed by atoms with Crippen LogP contribution >= 0.6 is 35.4 Å². The van der Waals surface area contributed by atoms with Gasteiger partial charge < -0.3 is 11.1 Å². The number of pyridine rings is 1. The van der Waals surface area contributed by atoms with Gasteiger partial charge in [-0.25, -0.2) is 4.98 Å². The van der Waals surface area contributed by atoms with Gasteiger partial charge in [0.25, 0.3) is 0 Å². The predicted molar refractivity (Wildman–Crippen MR) is 91.9 cm³/mol. The van der Waals surface area contributed by atoms with Gasteiger partial charge in [-0.1, -0.05) is 41.5 Å². The molecule has 1 aromatic carbocycles. The Kier molecular flexibility index (Phi) is 4.02. The molecular formula is C15H13Cl2N3S. The molecule has 0 amide bonds. The number of benzene rings is 1. The summed E-state index contributed by atoms with van der Waals surface area (Å²) in [6.45, 7) is 0. The molecule has 0 atom stereocenters. The van der Waals surface area contributed by atoms with Crippen LogP contribution in [-0.2, 0) is 12.8 Å². The van der Waals surface area contributed by atoms with Crippen LogP contribution in [0.2, 0.25) is 10.0 Å². The summed E-state index contributed by atoms with van der Waals surface area (Å²) in [5.41, 5.74) is 9.46. The molecule has 3 rings (SSSR count). The number of aryl methyl sites for hydroxylation is 2. The Morgan fingerprint density at radius 3 is 2.62 bits per heavy atom. The van der Waals surface area contributed by atoms with E-state index in [1.807, 2.05) is 6.07 Å². The quantitative estimate of drug-likeness (QED) is 0.822. The maximum absolute atomic E-state index is 6.19. The Balaban J connectivity index is 2.08. The number of fused-ring (bicyclic) bond motifs is 1. The average molecular weight is 338 g/mol. The highest BCUT2D eigenvalue weighted by atomic mass is 35.5. The maximum Gasteiger partial charge on any atom is 0.141 e. The van der Waals surface area contributed by atoms with Gasteiger partial charge in [-0.3, -0.25) is 0 Å². The average Bonchev–Trinajstić information content (AvgIpc) is 2.89. The van der Waals surface area contributed by atoms with Crippen molar-refractivity contribution in [3.05, 3.63) is 51.1 Å². The monoisotopic (exact) mass is 337 g/mol. The topological polar surface area (TPSA) is 50.9 Å². The Morgan fingerprint density at radius 2 is 1.95 bits per heavy atom. The molecule has 0 spiro atoms. The second-order valence-corrected chi connectivity index (χ2v) is 6.18. The fourth-order valence-electron chi connectivity index (χ4n) is 2.49. The molecule has 6 heteroatoms. The van der Waals surface area contributed by atoms with E-state index in [2.05, 4.69) is 10.3 Å². The number of nitrogens with one attached hydrogen (secondary N) is 1. The van der Waals surface area contributed by atoms with Crippen LogP contribution in [0, 0.1) is 0 Å².